The molecule has 0 unspecified atom stereocenters. The van der Waals surface area contributed by atoms with Crippen LogP contribution in [0.25, 0.3) is 11.4 Å². The fourth-order valence-corrected chi connectivity index (χ4v) is 2.99. The van der Waals surface area contributed by atoms with Crippen LogP contribution in [0.1, 0.15) is 31.4 Å². The molecule has 3 rings (SSSR count). The molecule has 2 aromatic heterocycles. The fraction of sp³-hybridized carbons (Fsp3) is 0.267. The quantitative estimate of drug-likeness (QED) is 0.655. The van der Waals surface area contributed by atoms with E-state index in [2.05, 4.69) is 49.9 Å². The van der Waals surface area contributed by atoms with Crippen molar-refractivity contribution in [2.24, 2.45) is 0 Å². The number of rotatable bonds is 5. The van der Waals surface area contributed by atoms with Crippen LogP contribution < -0.4 is 0 Å². The van der Waals surface area contributed by atoms with Crippen LogP contribution in [0.15, 0.2) is 44.5 Å². The average Bonchev–Trinajstić information content (AvgIpc) is 3.15. The number of halogens is 1. The van der Waals surface area contributed by atoms with E-state index in [1.807, 2.05) is 24.3 Å². The molecule has 0 spiro atoms. The molecule has 2 heterocycles. The Morgan fingerprint density at radius 1 is 1.32 bits per heavy atom. The highest BCUT2D eigenvalue weighted by Gasteiger charge is 2.11. The van der Waals surface area contributed by atoms with Crippen molar-refractivity contribution in [1.82, 2.24) is 20.2 Å². The Morgan fingerprint density at radius 2 is 2.14 bits per heavy atom. The molecular weight excluding hydrogens is 364 g/mol. The SMILES string of the molecule is CC(C)c1cnc(CSc2n[nH]c(-c3ccccc3Br)n2)o1. The maximum Gasteiger partial charge on any atom is 0.209 e. The summed E-state index contributed by atoms with van der Waals surface area (Å²) >= 11 is 5.01. The molecule has 0 aliphatic rings. The molecule has 0 saturated heterocycles. The number of H-pyrrole nitrogens is 1. The lowest BCUT2D eigenvalue weighted by Crippen LogP contribution is -1.83. The van der Waals surface area contributed by atoms with Gasteiger partial charge >= 0.3 is 0 Å². The summed E-state index contributed by atoms with van der Waals surface area (Å²) in [7, 11) is 0. The lowest BCUT2D eigenvalue weighted by molar-refractivity contribution is 0.453. The van der Waals surface area contributed by atoms with E-state index in [1.54, 1.807) is 6.20 Å². The Bertz CT molecular complexity index is 768. The third-order valence-electron chi connectivity index (χ3n) is 3.06. The van der Waals surface area contributed by atoms with E-state index in [1.165, 1.54) is 11.8 Å². The smallest absolute Gasteiger partial charge is 0.209 e. The van der Waals surface area contributed by atoms with Gasteiger partial charge in [0.05, 0.1) is 11.9 Å². The summed E-state index contributed by atoms with van der Waals surface area (Å²) in [5.74, 6) is 3.29. The number of nitrogens with zero attached hydrogens (tertiary/aromatic N) is 3. The number of aromatic amines is 1. The Labute approximate surface area is 141 Å². The highest BCUT2D eigenvalue weighted by molar-refractivity contribution is 9.10. The van der Waals surface area contributed by atoms with Gasteiger partial charge in [-0.2, -0.15) is 0 Å². The minimum Gasteiger partial charge on any atom is -0.445 e. The third kappa shape index (κ3) is 3.41. The minimum atomic E-state index is 0.344. The summed E-state index contributed by atoms with van der Waals surface area (Å²) in [5.41, 5.74) is 0.986. The molecule has 0 aliphatic carbocycles. The van der Waals surface area contributed by atoms with Gasteiger partial charge in [-0.25, -0.2) is 9.97 Å². The van der Waals surface area contributed by atoms with Gasteiger partial charge in [-0.3, -0.25) is 5.10 Å². The predicted molar refractivity (Wildman–Crippen MR) is 89.7 cm³/mol. The van der Waals surface area contributed by atoms with Gasteiger partial charge in [0.2, 0.25) is 11.0 Å². The zero-order valence-electron chi connectivity index (χ0n) is 12.2. The maximum atomic E-state index is 5.67. The van der Waals surface area contributed by atoms with Crippen molar-refractivity contribution in [2.75, 3.05) is 0 Å². The Hall–Kier alpha value is -1.60. The normalized spacial score (nSPS) is 11.3. The van der Waals surface area contributed by atoms with Gasteiger partial charge in [-0.1, -0.05) is 59.7 Å². The Morgan fingerprint density at radius 3 is 2.86 bits per heavy atom. The molecule has 3 aromatic rings. The van der Waals surface area contributed by atoms with Crippen LogP contribution in [0.3, 0.4) is 0 Å². The zero-order valence-corrected chi connectivity index (χ0v) is 14.6. The molecular formula is C15H15BrN4OS. The van der Waals surface area contributed by atoms with Gasteiger partial charge < -0.3 is 4.42 Å². The first-order valence-electron chi connectivity index (χ1n) is 6.88. The molecule has 114 valence electrons. The van der Waals surface area contributed by atoms with E-state index in [9.17, 15) is 0 Å². The van der Waals surface area contributed by atoms with Crippen LogP contribution >= 0.6 is 27.7 Å². The summed E-state index contributed by atoms with van der Waals surface area (Å²) in [6, 6.07) is 7.90. The van der Waals surface area contributed by atoms with Crippen LogP contribution in [-0.4, -0.2) is 20.2 Å². The van der Waals surface area contributed by atoms with Gasteiger partial charge in [-0.15, -0.1) is 5.10 Å². The number of hydrogen-bond acceptors (Lipinski definition) is 5. The second-order valence-electron chi connectivity index (χ2n) is 5.05. The summed E-state index contributed by atoms with van der Waals surface area (Å²) in [6.45, 7) is 4.16. The molecule has 0 bridgehead atoms. The molecule has 0 atom stereocenters. The topological polar surface area (TPSA) is 67.6 Å². The molecule has 0 aliphatic heterocycles. The number of benzene rings is 1. The number of oxazole rings is 1. The van der Waals surface area contributed by atoms with E-state index in [4.69, 9.17) is 4.42 Å². The lowest BCUT2D eigenvalue weighted by Gasteiger charge is -1.98. The van der Waals surface area contributed by atoms with Crippen molar-refractivity contribution in [3.63, 3.8) is 0 Å². The van der Waals surface area contributed by atoms with Crippen molar-refractivity contribution < 1.29 is 4.42 Å². The molecule has 7 heteroatoms. The molecule has 1 aromatic carbocycles. The van der Waals surface area contributed by atoms with Crippen molar-refractivity contribution in [2.45, 2.75) is 30.7 Å². The molecule has 0 amide bonds. The van der Waals surface area contributed by atoms with E-state index < -0.39 is 0 Å². The second-order valence-corrected chi connectivity index (χ2v) is 6.84. The maximum absolute atomic E-state index is 5.67. The number of hydrogen-bond donors (Lipinski definition) is 1. The number of thioether (sulfide) groups is 1. The molecule has 22 heavy (non-hydrogen) atoms. The van der Waals surface area contributed by atoms with E-state index in [0.29, 0.717) is 22.7 Å². The largest absolute Gasteiger partial charge is 0.445 e. The van der Waals surface area contributed by atoms with Crippen LogP contribution in [0, 0.1) is 0 Å². The summed E-state index contributed by atoms with van der Waals surface area (Å²) in [6.07, 6.45) is 1.78. The second kappa shape index (κ2) is 6.66. The van der Waals surface area contributed by atoms with E-state index >= 15 is 0 Å². The van der Waals surface area contributed by atoms with Crippen molar-refractivity contribution in [3.05, 3.63) is 46.6 Å². The summed E-state index contributed by atoms with van der Waals surface area (Å²) in [4.78, 5) is 8.77. The van der Waals surface area contributed by atoms with Crippen LogP contribution in [0.4, 0.5) is 0 Å². The standard InChI is InChI=1S/C15H15BrN4OS/c1-9(2)12-7-17-13(21-12)8-22-15-18-14(19-20-15)10-5-3-4-6-11(10)16/h3-7,9H,8H2,1-2H3,(H,18,19,20). The Balaban J connectivity index is 1.68. The molecule has 0 fully saturated rings. The molecule has 0 saturated carbocycles. The highest BCUT2D eigenvalue weighted by Crippen LogP contribution is 2.27. The Kier molecular flexibility index (Phi) is 4.63. The summed E-state index contributed by atoms with van der Waals surface area (Å²) in [5, 5.41) is 7.86. The van der Waals surface area contributed by atoms with Gasteiger partial charge in [0.15, 0.2) is 5.82 Å². The first-order chi connectivity index (χ1) is 10.6. The third-order valence-corrected chi connectivity index (χ3v) is 4.58. The van der Waals surface area contributed by atoms with Gasteiger partial charge in [0, 0.05) is 16.0 Å². The first-order valence-corrected chi connectivity index (χ1v) is 8.66. The minimum absolute atomic E-state index is 0.344. The monoisotopic (exact) mass is 378 g/mol. The van der Waals surface area contributed by atoms with Crippen LogP contribution in [0.2, 0.25) is 0 Å². The van der Waals surface area contributed by atoms with Gasteiger partial charge in [-0.05, 0) is 6.07 Å². The van der Waals surface area contributed by atoms with Gasteiger partial charge in [0.25, 0.3) is 0 Å². The van der Waals surface area contributed by atoms with Gasteiger partial charge in [0.1, 0.15) is 5.76 Å². The number of aromatic nitrogens is 4. The summed E-state index contributed by atoms with van der Waals surface area (Å²) < 4.78 is 6.66. The van der Waals surface area contributed by atoms with E-state index in [-0.39, 0.29) is 0 Å². The van der Waals surface area contributed by atoms with Crippen molar-refractivity contribution in [1.29, 1.82) is 0 Å². The van der Waals surface area contributed by atoms with Crippen LogP contribution in [-0.2, 0) is 5.75 Å². The predicted octanol–water partition coefficient (Wildman–Crippen LogP) is 4.64. The van der Waals surface area contributed by atoms with Crippen molar-refractivity contribution >= 4 is 27.7 Å². The van der Waals surface area contributed by atoms with Crippen molar-refractivity contribution in [3.8, 4) is 11.4 Å². The number of nitrogens with one attached hydrogen (secondary N) is 1. The lowest BCUT2D eigenvalue weighted by atomic mass is 10.2. The first kappa shape index (κ1) is 15.3. The average molecular weight is 379 g/mol. The van der Waals surface area contributed by atoms with E-state index in [0.717, 1.165) is 21.6 Å². The molecule has 5 nitrogen and oxygen atoms in total. The molecule has 1 N–H and O–H groups in total. The van der Waals surface area contributed by atoms with Crippen LogP contribution in [0.5, 0.6) is 0 Å². The molecule has 0 radical (unpaired) electrons. The fourth-order valence-electron chi connectivity index (χ4n) is 1.87. The zero-order chi connectivity index (χ0) is 15.5. The highest BCUT2D eigenvalue weighted by atomic mass is 79.9.